The second-order valence-corrected chi connectivity index (χ2v) is 7.47. The third-order valence-electron chi connectivity index (χ3n) is 5.19. The number of benzene rings is 3. The predicted octanol–water partition coefficient (Wildman–Crippen LogP) is 5.34. The molecule has 1 N–H and O–H groups in total. The number of carboxylic acid groups (broad SMARTS) is 1. The fourth-order valence-electron chi connectivity index (χ4n) is 3.75. The number of aromatic nitrogens is 1. The van der Waals surface area contributed by atoms with Gasteiger partial charge in [0.05, 0.1) is 5.52 Å². The van der Waals surface area contributed by atoms with Crippen LogP contribution in [0.15, 0.2) is 84.9 Å². The lowest BCUT2D eigenvalue weighted by atomic mass is 10.0. The molecule has 1 heterocycles. The van der Waals surface area contributed by atoms with Crippen LogP contribution in [-0.2, 0) is 11.2 Å². The molecule has 0 saturated heterocycles. The number of pyridine rings is 1. The van der Waals surface area contributed by atoms with Crippen LogP contribution in [0, 0.1) is 6.92 Å². The quantitative estimate of drug-likeness (QED) is 0.458. The molecule has 0 aliphatic heterocycles. The minimum atomic E-state index is -0.865. The number of nitrogens with zero attached hydrogens (tertiary/aromatic N) is 2. The molecule has 0 fully saturated rings. The first-order chi connectivity index (χ1) is 14.6. The van der Waals surface area contributed by atoms with Gasteiger partial charge in [-0.05, 0) is 42.2 Å². The van der Waals surface area contributed by atoms with Gasteiger partial charge in [0, 0.05) is 11.9 Å². The molecule has 4 rings (SSSR count). The van der Waals surface area contributed by atoms with Crippen molar-refractivity contribution in [2.75, 3.05) is 18.0 Å². The lowest BCUT2D eigenvalue weighted by molar-refractivity contribution is -0.135. The maximum atomic E-state index is 11.6. The highest BCUT2D eigenvalue weighted by molar-refractivity contribution is 5.96. The molecule has 1 aromatic heterocycles. The molecule has 4 nitrogen and oxygen atoms in total. The maximum absolute atomic E-state index is 11.6. The fraction of sp³-hybridized carbons (Fsp3) is 0.154. The molecule has 0 amide bonds. The highest BCUT2D eigenvalue weighted by atomic mass is 16.4. The number of rotatable bonds is 7. The fourth-order valence-corrected chi connectivity index (χ4v) is 3.75. The van der Waals surface area contributed by atoms with Crippen LogP contribution in [0.1, 0.15) is 11.1 Å². The Morgan fingerprint density at radius 1 is 0.933 bits per heavy atom. The van der Waals surface area contributed by atoms with E-state index >= 15 is 0 Å². The van der Waals surface area contributed by atoms with E-state index in [9.17, 15) is 9.90 Å². The van der Waals surface area contributed by atoms with Gasteiger partial charge in [-0.1, -0.05) is 78.4 Å². The number of carbonyl (C=O) groups is 1. The zero-order valence-electron chi connectivity index (χ0n) is 17.0. The molecule has 3 aromatic carbocycles. The van der Waals surface area contributed by atoms with Crippen LogP contribution in [-0.4, -0.2) is 29.1 Å². The van der Waals surface area contributed by atoms with Gasteiger partial charge in [-0.15, -0.1) is 0 Å². The van der Waals surface area contributed by atoms with Crippen LogP contribution >= 0.6 is 0 Å². The van der Waals surface area contributed by atoms with Crippen LogP contribution in [0.5, 0.6) is 0 Å². The molecule has 0 atom stereocenters. The molecule has 0 spiro atoms. The third kappa shape index (κ3) is 4.49. The summed E-state index contributed by atoms with van der Waals surface area (Å²) in [5.41, 5.74) is 5.40. The Labute approximate surface area is 176 Å². The lowest BCUT2D eigenvalue weighted by Crippen LogP contribution is -2.32. The number of fused-ring (bicyclic) bond motifs is 1. The van der Waals surface area contributed by atoms with Crippen molar-refractivity contribution < 1.29 is 9.90 Å². The minimum Gasteiger partial charge on any atom is -0.480 e. The van der Waals surface area contributed by atoms with E-state index in [1.807, 2.05) is 53.4 Å². The normalized spacial score (nSPS) is 10.8. The first-order valence-electron chi connectivity index (χ1n) is 10.1. The van der Waals surface area contributed by atoms with Gasteiger partial charge < -0.3 is 10.0 Å². The summed E-state index contributed by atoms with van der Waals surface area (Å²) in [6.07, 6.45) is 0.754. The summed E-state index contributed by atoms with van der Waals surface area (Å²) in [5.74, 6) is -0.182. The summed E-state index contributed by atoms with van der Waals surface area (Å²) in [6, 6.07) is 28.5. The molecule has 0 unspecified atom stereocenters. The van der Waals surface area contributed by atoms with E-state index in [1.165, 1.54) is 11.1 Å². The van der Waals surface area contributed by atoms with E-state index in [4.69, 9.17) is 4.98 Å². The molecular weight excluding hydrogens is 372 g/mol. The molecule has 0 aliphatic carbocycles. The maximum Gasteiger partial charge on any atom is 0.323 e. The van der Waals surface area contributed by atoms with Crippen LogP contribution in [0.4, 0.5) is 5.82 Å². The van der Waals surface area contributed by atoms with Crippen LogP contribution in [0.25, 0.3) is 22.0 Å². The van der Waals surface area contributed by atoms with Gasteiger partial charge in [0.2, 0.25) is 0 Å². The lowest BCUT2D eigenvalue weighted by Gasteiger charge is -2.23. The van der Waals surface area contributed by atoms with Crippen molar-refractivity contribution in [3.05, 3.63) is 96.1 Å². The summed E-state index contributed by atoms with van der Waals surface area (Å²) >= 11 is 0. The Balaban J connectivity index is 1.74. The number of carboxylic acids is 1. The molecule has 4 heteroatoms. The number of aliphatic carboxylic acids is 1. The van der Waals surface area contributed by atoms with Crippen LogP contribution in [0.2, 0.25) is 0 Å². The monoisotopic (exact) mass is 396 g/mol. The van der Waals surface area contributed by atoms with Gasteiger partial charge >= 0.3 is 5.97 Å². The van der Waals surface area contributed by atoms with Crippen molar-refractivity contribution in [3.8, 4) is 11.1 Å². The molecule has 0 saturated carbocycles. The second-order valence-electron chi connectivity index (χ2n) is 7.47. The van der Waals surface area contributed by atoms with Gasteiger partial charge in [0.25, 0.3) is 0 Å². The van der Waals surface area contributed by atoms with Crippen molar-refractivity contribution in [2.45, 2.75) is 13.3 Å². The third-order valence-corrected chi connectivity index (χ3v) is 5.19. The summed E-state index contributed by atoms with van der Waals surface area (Å²) in [5, 5.41) is 10.6. The first-order valence-corrected chi connectivity index (χ1v) is 10.1. The zero-order valence-corrected chi connectivity index (χ0v) is 17.0. The Morgan fingerprint density at radius 2 is 1.70 bits per heavy atom. The Morgan fingerprint density at radius 3 is 2.47 bits per heavy atom. The van der Waals surface area contributed by atoms with Crippen molar-refractivity contribution in [1.29, 1.82) is 0 Å². The van der Waals surface area contributed by atoms with Crippen LogP contribution in [0.3, 0.4) is 0 Å². The number of hydrogen-bond donors (Lipinski definition) is 1. The van der Waals surface area contributed by atoms with Gasteiger partial charge in [-0.2, -0.15) is 0 Å². The summed E-state index contributed by atoms with van der Waals surface area (Å²) < 4.78 is 0. The Hall–Kier alpha value is -3.66. The van der Waals surface area contributed by atoms with Crippen molar-refractivity contribution >= 4 is 22.7 Å². The van der Waals surface area contributed by atoms with E-state index in [-0.39, 0.29) is 6.54 Å². The minimum absolute atomic E-state index is 0.0919. The number of anilines is 1. The Bertz CT molecular complexity index is 1170. The predicted molar refractivity (Wildman–Crippen MR) is 122 cm³/mol. The first kappa shape index (κ1) is 19.6. The SMILES string of the molecule is Cc1cccc(CCN(CC(=O)O)c2cc(-c3ccccc3)c3ccccc3n2)c1. The van der Waals surface area contributed by atoms with Gasteiger partial charge in [0.15, 0.2) is 0 Å². The average molecular weight is 396 g/mol. The van der Waals surface area contributed by atoms with E-state index < -0.39 is 5.97 Å². The highest BCUT2D eigenvalue weighted by Crippen LogP contribution is 2.31. The molecular formula is C26H24N2O2. The van der Waals surface area contributed by atoms with Gasteiger partial charge in [0.1, 0.15) is 12.4 Å². The van der Waals surface area contributed by atoms with E-state index in [2.05, 4.69) is 43.3 Å². The molecule has 0 radical (unpaired) electrons. The molecule has 0 aliphatic rings. The largest absolute Gasteiger partial charge is 0.480 e. The van der Waals surface area contributed by atoms with E-state index in [0.717, 1.165) is 28.5 Å². The summed E-state index contributed by atoms with van der Waals surface area (Å²) in [4.78, 5) is 18.3. The number of para-hydroxylation sites is 1. The molecule has 0 bridgehead atoms. The topological polar surface area (TPSA) is 53.4 Å². The van der Waals surface area contributed by atoms with Crippen molar-refractivity contribution in [2.24, 2.45) is 0 Å². The highest BCUT2D eigenvalue weighted by Gasteiger charge is 2.16. The van der Waals surface area contributed by atoms with Crippen molar-refractivity contribution in [1.82, 2.24) is 4.98 Å². The van der Waals surface area contributed by atoms with E-state index in [0.29, 0.717) is 12.4 Å². The van der Waals surface area contributed by atoms with Crippen molar-refractivity contribution in [3.63, 3.8) is 0 Å². The standard InChI is InChI=1S/C26H24N2O2/c1-19-8-7-9-20(16-19)14-15-28(18-26(29)30)25-17-23(21-10-3-2-4-11-21)22-12-5-6-13-24(22)27-25/h2-13,16-17H,14-15,18H2,1H3,(H,29,30). The summed E-state index contributed by atoms with van der Waals surface area (Å²) in [7, 11) is 0. The van der Waals surface area contributed by atoms with E-state index in [1.54, 1.807) is 0 Å². The zero-order chi connectivity index (χ0) is 20.9. The number of hydrogen-bond acceptors (Lipinski definition) is 3. The Kier molecular flexibility index (Phi) is 5.75. The van der Waals surface area contributed by atoms with Crippen LogP contribution < -0.4 is 4.90 Å². The number of aryl methyl sites for hydroxylation is 1. The summed E-state index contributed by atoms with van der Waals surface area (Å²) in [6.45, 7) is 2.55. The molecule has 150 valence electrons. The smallest absolute Gasteiger partial charge is 0.323 e. The van der Waals surface area contributed by atoms with Gasteiger partial charge in [-0.25, -0.2) is 4.98 Å². The molecule has 4 aromatic rings. The average Bonchev–Trinajstić information content (AvgIpc) is 2.76. The molecule has 30 heavy (non-hydrogen) atoms. The second kappa shape index (κ2) is 8.78. The van der Waals surface area contributed by atoms with Gasteiger partial charge in [-0.3, -0.25) is 4.79 Å².